The predicted octanol–water partition coefficient (Wildman–Crippen LogP) is 5.37. The summed E-state index contributed by atoms with van der Waals surface area (Å²) in [6.07, 6.45) is 0.436. The molecule has 1 heterocycles. The number of hydrogen-bond donors (Lipinski definition) is 2. The van der Waals surface area contributed by atoms with Crippen LogP contribution in [0, 0.1) is 0 Å². The minimum atomic E-state index is -0.437. The summed E-state index contributed by atoms with van der Waals surface area (Å²) in [6.45, 7) is -0.0817. The van der Waals surface area contributed by atoms with Gasteiger partial charge in [-0.2, -0.15) is 0 Å². The zero-order chi connectivity index (χ0) is 21.6. The van der Waals surface area contributed by atoms with Gasteiger partial charge in [0.15, 0.2) is 5.69 Å². The van der Waals surface area contributed by atoms with Gasteiger partial charge in [0.05, 0.1) is 11.6 Å². The van der Waals surface area contributed by atoms with E-state index in [9.17, 15) is 9.90 Å². The number of hydrogen-bond acceptors (Lipinski definition) is 4. The van der Waals surface area contributed by atoms with E-state index in [2.05, 4.69) is 10.2 Å². The number of aromatic hydroxyl groups is 1. The third-order valence-electron chi connectivity index (χ3n) is 5.16. The molecule has 6 nitrogen and oxygen atoms in total. The van der Waals surface area contributed by atoms with E-state index in [1.807, 2.05) is 89.5 Å². The zero-order valence-corrected chi connectivity index (χ0v) is 16.9. The lowest BCUT2D eigenvalue weighted by molar-refractivity contribution is -0.118. The Morgan fingerprint density at radius 1 is 0.871 bits per heavy atom. The number of aliphatic hydroxyl groups excluding tert-OH is 1. The summed E-state index contributed by atoms with van der Waals surface area (Å²) in [4.78, 5) is 11.9. The lowest BCUT2D eigenvalue weighted by atomic mass is 9.98. The molecule has 31 heavy (non-hydrogen) atoms. The maximum atomic E-state index is 11.9. The van der Waals surface area contributed by atoms with Crippen molar-refractivity contribution >= 4 is 22.5 Å². The molecule has 0 atom stereocenters. The van der Waals surface area contributed by atoms with Gasteiger partial charge in [-0.25, -0.2) is 0 Å². The van der Waals surface area contributed by atoms with Crippen molar-refractivity contribution in [2.75, 3.05) is 6.61 Å². The minimum absolute atomic E-state index is 0.0578. The molecule has 1 aromatic heterocycles. The number of nitrogens with zero attached hydrogens (tertiary/aromatic N) is 3. The molecule has 0 saturated carbocycles. The fourth-order valence-corrected chi connectivity index (χ4v) is 3.74. The number of azo groups is 1. The van der Waals surface area contributed by atoms with Crippen LogP contribution in [-0.2, 0) is 4.79 Å². The summed E-state index contributed by atoms with van der Waals surface area (Å²) < 4.78 is 1.83. The number of benzene rings is 3. The van der Waals surface area contributed by atoms with Crippen LogP contribution in [0.4, 0.5) is 5.69 Å². The number of fused-ring (bicyclic) bond motifs is 1. The molecule has 2 N–H and O–H groups in total. The van der Waals surface area contributed by atoms with Crippen molar-refractivity contribution in [3.8, 4) is 5.88 Å². The van der Waals surface area contributed by atoms with Crippen LogP contribution in [-0.4, -0.2) is 27.3 Å². The molecule has 0 aliphatic rings. The number of aromatic nitrogens is 1. The van der Waals surface area contributed by atoms with Crippen molar-refractivity contribution in [2.24, 2.45) is 10.2 Å². The van der Waals surface area contributed by atoms with Crippen LogP contribution in [0.25, 0.3) is 10.9 Å². The number of aliphatic hydroxyl groups is 1. The average molecular weight is 413 g/mol. The summed E-state index contributed by atoms with van der Waals surface area (Å²) in [7, 11) is 0. The summed E-state index contributed by atoms with van der Waals surface area (Å²) in [5, 5.41) is 28.7. The standard InChI is InChI=1S/C25H23N3O3/c29-17-9-16-22(30)26-27-23-20-14-7-8-15-21(20)28(25(23)31)24(18-10-3-1-4-11-18)19-12-5-2-6-13-19/h1-8,10-15,24,29,31H,9,16-17H2. The first-order chi connectivity index (χ1) is 15.2. The van der Waals surface area contributed by atoms with E-state index in [1.165, 1.54) is 0 Å². The second-order valence-electron chi connectivity index (χ2n) is 7.20. The second kappa shape index (κ2) is 9.36. The minimum Gasteiger partial charge on any atom is -0.493 e. The van der Waals surface area contributed by atoms with Crippen LogP contribution in [0.2, 0.25) is 0 Å². The zero-order valence-electron chi connectivity index (χ0n) is 16.9. The SMILES string of the molecule is O=C(CCCO)N=Nc1c(O)n(C(c2ccccc2)c2ccccc2)c2ccccc12. The molecule has 1 amide bonds. The molecule has 0 fully saturated rings. The number of carbonyl (C=O) groups excluding carboxylic acids is 1. The van der Waals surface area contributed by atoms with Gasteiger partial charge in [0.2, 0.25) is 5.88 Å². The van der Waals surface area contributed by atoms with Crippen molar-refractivity contribution in [1.29, 1.82) is 0 Å². The first kappa shape index (κ1) is 20.5. The van der Waals surface area contributed by atoms with E-state index in [4.69, 9.17) is 5.11 Å². The molecular weight excluding hydrogens is 390 g/mol. The number of rotatable bonds is 7. The van der Waals surface area contributed by atoms with Crippen molar-refractivity contribution in [3.05, 3.63) is 96.1 Å². The first-order valence-electron chi connectivity index (χ1n) is 10.2. The van der Waals surface area contributed by atoms with Crippen LogP contribution in [0.15, 0.2) is 95.2 Å². The quantitative estimate of drug-likeness (QED) is 0.400. The molecule has 0 aliphatic heterocycles. The van der Waals surface area contributed by atoms with Crippen LogP contribution in [0.5, 0.6) is 5.88 Å². The van der Waals surface area contributed by atoms with Gasteiger partial charge in [0.25, 0.3) is 5.91 Å². The Morgan fingerprint density at radius 3 is 2.06 bits per heavy atom. The predicted molar refractivity (Wildman–Crippen MR) is 120 cm³/mol. The van der Waals surface area contributed by atoms with Crippen LogP contribution in [0.3, 0.4) is 0 Å². The summed E-state index contributed by atoms with van der Waals surface area (Å²) >= 11 is 0. The van der Waals surface area contributed by atoms with Gasteiger partial charge in [-0.1, -0.05) is 78.9 Å². The highest BCUT2D eigenvalue weighted by molar-refractivity contribution is 5.95. The Hall–Kier alpha value is -3.77. The molecule has 3 aromatic carbocycles. The van der Waals surface area contributed by atoms with Gasteiger partial charge in [-0.15, -0.1) is 10.2 Å². The van der Waals surface area contributed by atoms with Gasteiger partial charge in [-0.3, -0.25) is 9.36 Å². The third kappa shape index (κ3) is 4.25. The largest absolute Gasteiger partial charge is 0.493 e. The van der Waals surface area contributed by atoms with Crippen molar-refractivity contribution in [1.82, 2.24) is 4.57 Å². The molecule has 0 saturated heterocycles. The van der Waals surface area contributed by atoms with E-state index in [1.54, 1.807) is 0 Å². The Kier molecular flexibility index (Phi) is 6.19. The van der Waals surface area contributed by atoms with Crippen LogP contribution >= 0.6 is 0 Å². The molecule has 0 aliphatic carbocycles. The Morgan fingerprint density at radius 2 is 1.45 bits per heavy atom. The Balaban J connectivity index is 1.89. The summed E-state index contributed by atoms with van der Waals surface area (Å²) in [5.74, 6) is -0.495. The lowest BCUT2D eigenvalue weighted by Gasteiger charge is -2.22. The van der Waals surface area contributed by atoms with Crippen molar-refractivity contribution in [3.63, 3.8) is 0 Å². The van der Waals surface area contributed by atoms with Crippen LogP contribution in [0.1, 0.15) is 30.0 Å². The van der Waals surface area contributed by atoms with E-state index < -0.39 is 5.91 Å². The van der Waals surface area contributed by atoms with Crippen LogP contribution < -0.4 is 0 Å². The molecule has 0 radical (unpaired) electrons. The van der Waals surface area contributed by atoms with Crippen molar-refractivity contribution < 1.29 is 15.0 Å². The fraction of sp³-hybridized carbons (Fsp3) is 0.160. The van der Waals surface area contributed by atoms with Gasteiger partial charge in [-0.05, 0) is 23.6 Å². The molecule has 6 heteroatoms. The van der Waals surface area contributed by atoms with E-state index >= 15 is 0 Å². The third-order valence-corrected chi connectivity index (χ3v) is 5.16. The van der Waals surface area contributed by atoms with Gasteiger partial charge >= 0.3 is 0 Å². The smallest absolute Gasteiger partial charge is 0.264 e. The van der Waals surface area contributed by atoms with E-state index in [-0.39, 0.29) is 30.6 Å². The Bertz CT molecular complexity index is 1160. The monoisotopic (exact) mass is 413 g/mol. The van der Waals surface area contributed by atoms with E-state index in [0.717, 1.165) is 16.6 Å². The number of carbonyl (C=O) groups is 1. The normalized spacial score (nSPS) is 11.5. The highest BCUT2D eigenvalue weighted by atomic mass is 16.3. The topological polar surface area (TPSA) is 87.2 Å². The Labute approximate surface area is 180 Å². The second-order valence-corrected chi connectivity index (χ2v) is 7.20. The fourth-order valence-electron chi connectivity index (χ4n) is 3.74. The van der Waals surface area contributed by atoms with E-state index in [0.29, 0.717) is 11.8 Å². The molecule has 4 rings (SSSR count). The maximum absolute atomic E-state index is 11.9. The van der Waals surface area contributed by atoms with Gasteiger partial charge in [0.1, 0.15) is 0 Å². The molecule has 4 aromatic rings. The van der Waals surface area contributed by atoms with Gasteiger partial charge < -0.3 is 10.2 Å². The first-order valence-corrected chi connectivity index (χ1v) is 10.2. The van der Waals surface area contributed by atoms with Gasteiger partial charge in [0, 0.05) is 18.4 Å². The molecular formula is C25H23N3O3. The number of para-hydroxylation sites is 1. The summed E-state index contributed by atoms with van der Waals surface area (Å²) in [5.41, 5.74) is 3.05. The molecule has 0 bridgehead atoms. The molecule has 0 spiro atoms. The summed E-state index contributed by atoms with van der Waals surface area (Å²) in [6, 6.07) is 27.1. The highest BCUT2D eigenvalue weighted by Crippen LogP contribution is 2.44. The molecule has 0 unspecified atom stereocenters. The van der Waals surface area contributed by atoms with Crippen molar-refractivity contribution in [2.45, 2.75) is 18.9 Å². The lowest BCUT2D eigenvalue weighted by Crippen LogP contribution is -2.11. The average Bonchev–Trinajstić information content (AvgIpc) is 3.09. The highest BCUT2D eigenvalue weighted by Gasteiger charge is 2.25. The molecule has 156 valence electrons. The number of amides is 1. The maximum Gasteiger partial charge on any atom is 0.264 e.